The first-order valence-corrected chi connectivity index (χ1v) is 7.04. The summed E-state index contributed by atoms with van der Waals surface area (Å²) in [6.07, 6.45) is 0.313. The van der Waals surface area contributed by atoms with E-state index in [4.69, 9.17) is 5.11 Å². The van der Waals surface area contributed by atoms with E-state index in [1.165, 1.54) is 9.80 Å². The smallest absolute Gasteiger partial charge is 0.326 e. The van der Waals surface area contributed by atoms with E-state index in [-0.39, 0.29) is 25.7 Å². The summed E-state index contributed by atoms with van der Waals surface area (Å²) in [4.78, 5) is 26.8. The molecule has 1 atom stereocenters. The van der Waals surface area contributed by atoms with Crippen molar-refractivity contribution in [2.75, 3.05) is 19.7 Å². The lowest BCUT2D eigenvalue weighted by Crippen LogP contribution is -2.53. The summed E-state index contributed by atoms with van der Waals surface area (Å²) in [5, 5.41) is 18.4. The number of nitrogens with zero attached hydrogens (tertiary/aromatic N) is 2. The minimum atomic E-state index is -1.00. The van der Waals surface area contributed by atoms with E-state index >= 15 is 0 Å². The number of aliphatic hydroxyl groups excluding tert-OH is 1. The van der Waals surface area contributed by atoms with Crippen LogP contribution in [0.3, 0.4) is 0 Å². The number of benzene rings is 1. The van der Waals surface area contributed by atoms with Crippen molar-refractivity contribution in [3.63, 3.8) is 0 Å². The standard InChI is InChI=1S/C15H20N2O4/c1-2-16(7-8-18)15(21)17-10-12-6-4-3-5-11(12)9-13(17)14(19)20/h3-6,13,18H,2,7-10H2,1H3,(H,19,20). The number of carbonyl (C=O) groups is 2. The minimum Gasteiger partial charge on any atom is -0.480 e. The Hall–Kier alpha value is -2.08. The highest BCUT2D eigenvalue weighted by Crippen LogP contribution is 2.24. The molecule has 1 aromatic carbocycles. The van der Waals surface area contributed by atoms with Crippen LogP contribution in [-0.2, 0) is 17.8 Å². The second kappa shape index (κ2) is 6.58. The Morgan fingerprint density at radius 3 is 2.57 bits per heavy atom. The van der Waals surface area contributed by atoms with E-state index < -0.39 is 12.0 Å². The number of carboxylic acids is 1. The lowest BCUT2D eigenvalue weighted by atomic mass is 9.94. The number of urea groups is 1. The largest absolute Gasteiger partial charge is 0.480 e. The average molecular weight is 292 g/mol. The number of carboxylic acid groups (broad SMARTS) is 1. The molecule has 21 heavy (non-hydrogen) atoms. The van der Waals surface area contributed by atoms with Gasteiger partial charge in [0.25, 0.3) is 0 Å². The molecule has 0 radical (unpaired) electrons. The molecule has 0 saturated carbocycles. The van der Waals surface area contributed by atoms with E-state index in [9.17, 15) is 14.7 Å². The van der Waals surface area contributed by atoms with Crippen molar-refractivity contribution in [2.45, 2.75) is 25.9 Å². The number of likely N-dealkylation sites (N-methyl/N-ethyl adjacent to an activating group) is 1. The van der Waals surface area contributed by atoms with Crippen LogP contribution in [0.25, 0.3) is 0 Å². The summed E-state index contributed by atoms with van der Waals surface area (Å²) in [7, 11) is 0. The molecule has 2 rings (SSSR count). The molecule has 2 N–H and O–H groups in total. The van der Waals surface area contributed by atoms with E-state index in [1.54, 1.807) is 6.92 Å². The van der Waals surface area contributed by atoms with Gasteiger partial charge in [-0.1, -0.05) is 24.3 Å². The monoisotopic (exact) mass is 292 g/mol. The van der Waals surface area contributed by atoms with Gasteiger partial charge in [0.1, 0.15) is 6.04 Å². The zero-order valence-corrected chi connectivity index (χ0v) is 12.0. The zero-order valence-electron chi connectivity index (χ0n) is 12.0. The van der Waals surface area contributed by atoms with Crippen molar-refractivity contribution in [1.29, 1.82) is 0 Å². The van der Waals surface area contributed by atoms with Gasteiger partial charge in [-0.15, -0.1) is 0 Å². The Bertz CT molecular complexity index is 532. The maximum absolute atomic E-state index is 12.5. The average Bonchev–Trinajstić information content (AvgIpc) is 2.50. The summed E-state index contributed by atoms with van der Waals surface area (Å²) < 4.78 is 0. The third kappa shape index (κ3) is 3.16. The maximum Gasteiger partial charge on any atom is 0.326 e. The summed E-state index contributed by atoms with van der Waals surface area (Å²) in [6, 6.07) is 6.37. The van der Waals surface area contributed by atoms with Gasteiger partial charge in [0.15, 0.2) is 0 Å². The van der Waals surface area contributed by atoms with Crippen molar-refractivity contribution in [1.82, 2.24) is 9.80 Å². The molecule has 1 aliphatic rings. The molecule has 1 aliphatic heterocycles. The van der Waals surface area contributed by atoms with Crippen LogP contribution in [0, 0.1) is 0 Å². The molecule has 0 spiro atoms. The number of hydrogen-bond donors (Lipinski definition) is 2. The van der Waals surface area contributed by atoms with Gasteiger partial charge in [0.05, 0.1) is 6.61 Å². The molecule has 1 heterocycles. The van der Waals surface area contributed by atoms with Crippen LogP contribution in [0.5, 0.6) is 0 Å². The lowest BCUT2D eigenvalue weighted by molar-refractivity contribution is -0.142. The van der Waals surface area contributed by atoms with Crippen LogP contribution in [0.15, 0.2) is 24.3 Å². The van der Waals surface area contributed by atoms with Crippen LogP contribution in [0.1, 0.15) is 18.1 Å². The summed E-state index contributed by atoms with van der Waals surface area (Å²) in [6.45, 7) is 2.60. The molecule has 0 saturated heterocycles. The Morgan fingerprint density at radius 1 is 1.33 bits per heavy atom. The van der Waals surface area contributed by atoms with Gasteiger partial charge in [0, 0.05) is 26.1 Å². The van der Waals surface area contributed by atoms with Gasteiger partial charge in [-0.05, 0) is 18.1 Å². The van der Waals surface area contributed by atoms with E-state index in [0.29, 0.717) is 13.0 Å². The van der Waals surface area contributed by atoms with E-state index in [2.05, 4.69) is 0 Å². The van der Waals surface area contributed by atoms with Crippen molar-refractivity contribution in [3.8, 4) is 0 Å². The lowest BCUT2D eigenvalue weighted by Gasteiger charge is -2.37. The van der Waals surface area contributed by atoms with Crippen LogP contribution >= 0.6 is 0 Å². The Balaban J connectivity index is 2.28. The fraction of sp³-hybridized carbons (Fsp3) is 0.467. The molecule has 0 aliphatic carbocycles. The molecule has 6 nitrogen and oxygen atoms in total. The van der Waals surface area contributed by atoms with Gasteiger partial charge >= 0.3 is 12.0 Å². The molecule has 0 aromatic heterocycles. The van der Waals surface area contributed by atoms with Gasteiger partial charge in [-0.25, -0.2) is 9.59 Å². The van der Waals surface area contributed by atoms with Crippen LogP contribution in [-0.4, -0.2) is 57.8 Å². The van der Waals surface area contributed by atoms with Crippen molar-refractivity contribution in [3.05, 3.63) is 35.4 Å². The summed E-state index contributed by atoms with van der Waals surface area (Å²) in [5.74, 6) is -1.00. The van der Waals surface area contributed by atoms with Gasteiger partial charge in [-0.3, -0.25) is 0 Å². The van der Waals surface area contributed by atoms with E-state index in [1.807, 2.05) is 24.3 Å². The zero-order chi connectivity index (χ0) is 15.4. The van der Waals surface area contributed by atoms with Crippen LogP contribution in [0.4, 0.5) is 4.79 Å². The fourth-order valence-corrected chi connectivity index (χ4v) is 2.64. The fourth-order valence-electron chi connectivity index (χ4n) is 2.64. The van der Waals surface area contributed by atoms with Gasteiger partial charge in [0.2, 0.25) is 0 Å². The number of aliphatic carboxylic acids is 1. The second-order valence-electron chi connectivity index (χ2n) is 5.04. The predicted molar refractivity (Wildman–Crippen MR) is 76.8 cm³/mol. The Kier molecular flexibility index (Phi) is 4.80. The highest BCUT2D eigenvalue weighted by atomic mass is 16.4. The number of aliphatic hydroxyl groups is 1. The van der Waals surface area contributed by atoms with E-state index in [0.717, 1.165) is 11.1 Å². The molecule has 2 amide bonds. The first-order valence-electron chi connectivity index (χ1n) is 7.04. The summed E-state index contributed by atoms with van der Waals surface area (Å²) in [5.41, 5.74) is 1.95. The van der Waals surface area contributed by atoms with Gasteiger partial charge < -0.3 is 20.0 Å². The number of amides is 2. The number of hydrogen-bond acceptors (Lipinski definition) is 3. The molecule has 6 heteroatoms. The first-order chi connectivity index (χ1) is 10.1. The van der Waals surface area contributed by atoms with Crippen LogP contribution < -0.4 is 0 Å². The molecule has 1 unspecified atom stereocenters. The van der Waals surface area contributed by atoms with Crippen molar-refractivity contribution < 1.29 is 19.8 Å². The molecule has 0 bridgehead atoms. The van der Waals surface area contributed by atoms with Crippen molar-refractivity contribution >= 4 is 12.0 Å². The third-order valence-corrected chi connectivity index (χ3v) is 3.80. The Morgan fingerprint density at radius 2 is 2.00 bits per heavy atom. The molecular formula is C15H20N2O4. The highest BCUT2D eigenvalue weighted by Gasteiger charge is 2.36. The highest BCUT2D eigenvalue weighted by molar-refractivity contribution is 5.83. The number of fused-ring (bicyclic) bond motifs is 1. The predicted octanol–water partition coefficient (Wildman–Crippen LogP) is 0.932. The van der Waals surface area contributed by atoms with Gasteiger partial charge in [-0.2, -0.15) is 0 Å². The molecule has 1 aromatic rings. The molecular weight excluding hydrogens is 272 g/mol. The SMILES string of the molecule is CCN(CCO)C(=O)N1Cc2ccccc2CC1C(=O)O. The van der Waals surface area contributed by atoms with Crippen LogP contribution in [0.2, 0.25) is 0 Å². The maximum atomic E-state index is 12.5. The Labute approximate surface area is 123 Å². The number of rotatable bonds is 4. The molecule has 0 fully saturated rings. The number of carbonyl (C=O) groups excluding carboxylic acids is 1. The topological polar surface area (TPSA) is 81.1 Å². The third-order valence-electron chi connectivity index (χ3n) is 3.80. The quantitative estimate of drug-likeness (QED) is 0.865. The van der Waals surface area contributed by atoms with Crippen molar-refractivity contribution in [2.24, 2.45) is 0 Å². The normalized spacial score (nSPS) is 17.2. The molecule has 114 valence electrons. The minimum absolute atomic E-state index is 0.137. The first kappa shape index (κ1) is 15.3. The summed E-state index contributed by atoms with van der Waals surface area (Å²) >= 11 is 0. The second-order valence-corrected chi connectivity index (χ2v) is 5.04.